The van der Waals surface area contributed by atoms with Crippen molar-refractivity contribution in [2.45, 2.75) is 0 Å². The Kier molecular flexibility index (Phi) is 4.92. The zero-order valence-corrected chi connectivity index (χ0v) is 6.76. The van der Waals surface area contributed by atoms with Gasteiger partial charge in [-0.1, -0.05) is 0 Å². The van der Waals surface area contributed by atoms with Crippen molar-refractivity contribution in [3.63, 3.8) is 0 Å². The summed E-state index contributed by atoms with van der Waals surface area (Å²) in [7, 11) is 0. The van der Waals surface area contributed by atoms with Gasteiger partial charge in [-0.3, -0.25) is 0 Å². The first kappa shape index (κ1) is 8.29. The van der Waals surface area contributed by atoms with Gasteiger partial charge in [-0.25, -0.2) is 9.44 Å². The largest absolute Gasteiger partial charge is 0.303 e. The van der Waals surface area contributed by atoms with E-state index in [9.17, 15) is 0 Å². The average Bonchev–Trinajstić information content (AvgIpc) is 2.01. The molecule has 1 saturated heterocycles. The summed E-state index contributed by atoms with van der Waals surface area (Å²) in [5.74, 6) is 0. The number of nitrogens with one attached hydrogen (secondary N) is 4. The fraction of sp³-hybridized carbons (Fsp3) is 1.00. The molecule has 1 fully saturated rings. The van der Waals surface area contributed by atoms with Crippen LogP contribution in [0.15, 0.2) is 0 Å². The Morgan fingerprint density at radius 2 is 1.40 bits per heavy atom. The molecule has 0 aliphatic carbocycles. The van der Waals surface area contributed by atoms with Gasteiger partial charge in [0.15, 0.2) is 0 Å². The lowest BCUT2D eigenvalue weighted by Gasteiger charge is -2.11. The molecule has 1 aliphatic heterocycles. The molecule has 0 amide bonds. The van der Waals surface area contributed by atoms with Crippen LogP contribution < -0.4 is 20.1 Å². The Hall–Kier alpha value is 0.190. The molecule has 0 spiro atoms. The summed E-state index contributed by atoms with van der Waals surface area (Å²) in [6.07, 6.45) is 0. The van der Waals surface area contributed by atoms with Crippen LogP contribution in [0, 0.1) is 0 Å². The van der Waals surface area contributed by atoms with Crippen molar-refractivity contribution in [2.24, 2.45) is 0 Å². The lowest BCUT2D eigenvalue weighted by molar-refractivity contribution is 0.576. The predicted octanol–water partition coefficient (Wildman–Crippen LogP) is -1.12. The lowest BCUT2D eigenvalue weighted by Crippen LogP contribution is -2.38. The maximum atomic E-state index is 3.24. The quantitative estimate of drug-likeness (QED) is 0.340. The van der Waals surface area contributed by atoms with Crippen LogP contribution >= 0.6 is 12.1 Å². The molecule has 0 aromatic heterocycles. The van der Waals surface area contributed by atoms with E-state index in [1.54, 1.807) is 12.1 Å². The van der Waals surface area contributed by atoms with Crippen LogP contribution in [0.1, 0.15) is 0 Å². The summed E-state index contributed by atoms with van der Waals surface area (Å²) in [5, 5.41) is 6.48. The lowest BCUT2D eigenvalue weighted by atomic mass is 10.6. The summed E-state index contributed by atoms with van der Waals surface area (Å²) in [4.78, 5) is 0. The Bertz CT molecular complexity index is 46.8. The topological polar surface area (TPSA) is 48.1 Å². The molecule has 1 aliphatic rings. The van der Waals surface area contributed by atoms with Crippen LogP contribution in [-0.2, 0) is 0 Å². The molecule has 1 heterocycles. The van der Waals surface area contributed by atoms with Crippen LogP contribution in [0.5, 0.6) is 0 Å². The molecule has 0 aromatic carbocycles. The smallest absolute Gasteiger partial charge is 0.0455 e. The fourth-order valence-electron chi connectivity index (χ4n) is 0.697. The van der Waals surface area contributed by atoms with E-state index in [1.165, 1.54) is 0 Å². The van der Waals surface area contributed by atoms with Crippen LogP contribution in [0.3, 0.4) is 0 Å². The number of hydrogen-bond acceptors (Lipinski definition) is 5. The van der Waals surface area contributed by atoms with E-state index < -0.39 is 0 Å². The van der Waals surface area contributed by atoms with Gasteiger partial charge in [0.05, 0.1) is 0 Å². The maximum absolute atomic E-state index is 3.24. The van der Waals surface area contributed by atoms with Crippen molar-refractivity contribution in [1.29, 1.82) is 0 Å². The Labute approximate surface area is 65.8 Å². The van der Waals surface area contributed by atoms with E-state index in [-0.39, 0.29) is 0 Å². The molecule has 0 aromatic rings. The second-order valence-electron chi connectivity index (χ2n) is 2.07. The van der Waals surface area contributed by atoms with Gasteiger partial charge in [0.25, 0.3) is 0 Å². The van der Waals surface area contributed by atoms with Crippen molar-refractivity contribution >= 4 is 12.1 Å². The van der Waals surface area contributed by atoms with Gasteiger partial charge in [-0.05, 0) is 0 Å². The summed E-state index contributed by atoms with van der Waals surface area (Å²) < 4.78 is 6.34. The van der Waals surface area contributed by atoms with E-state index in [0.717, 1.165) is 32.8 Å². The van der Waals surface area contributed by atoms with Gasteiger partial charge in [0.1, 0.15) is 0 Å². The summed E-state index contributed by atoms with van der Waals surface area (Å²) >= 11 is 1.57. The molecule has 60 valence electrons. The summed E-state index contributed by atoms with van der Waals surface area (Å²) in [5.41, 5.74) is 0. The van der Waals surface area contributed by atoms with Crippen LogP contribution in [-0.4, -0.2) is 32.8 Å². The third-order valence-electron chi connectivity index (χ3n) is 1.20. The number of hydrogen-bond donors (Lipinski definition) is 4. The molecule has 4 N–H and O–H groups in total. The zero-order valence-electron chi connectivity index (χ0n) is 5.94. The van der Waals surface area contributed by atoms with Crippen LogP contribution in [0.4, 0.5) is 0 Å². The van der Waals surface area contributed by atoms with Crippen LogP contribution in [0.2, 0.25) is 0 Å². The zero-order chi connectivity index (χ0) is 7.07. The highest BCUT2D eigenvalue weighted by Crippen LogP contribution is 1.81. The van der Waals surface area contributed by atoms with Crippen LogP contribution in [0.25, 0.3) is 0 Å². The molecule has 0 bridgehead atoms. The maximum Gasteiger partial charge on any atom is 0.0455 e. The molecule has 0 radical (unpaired) electrons. The Morgan fingerprint density at radius 1 is 0.800 bits per heavy atom. The first-order valence-electron chi connectivity index (χ1n) is 3.53. The van der Waals surface area contributed by atoms with Gasteiger partial charge < -0.3 is 10.6 Å². The number of rotatable bonds is 0. The highest BCUT2D eigenvalue weighted by Gasteiger charge is 1.91. The third-order valence-corrected chi connectivity index (χ3v) is 1.90. The molecule has 0 saturated carbocycles. The highest BCUT2D eigenvalue weighted by atomic mass is 32.2. The van der Waals surface area contributed by atoms with Crippen molar-refractivity contribution in [2.75, 3.05) is 32.8 Å². The minimum absolute atomic E-state index is 0.911. The Morgan fingerprint density at radius 3 is 2.00 bits per heavy atom. The second kappa shape index (κ2) is 5.94. The first-order chi connectivity index (χ1) is 5.00. The predicted molar refractivity (Wildman–Crippen MR) is 44.5 cm³/mol. The second-order valence-corrected chi connectivity index (χ2v) is 2.85. The van der Waals surface area contributed by atoms with Gasteiger partial charge in [-0.15, -0.1) is 0 Å². The minimum Gasteiger partial charge on any atom is -0.303 e. The van der Waals surface area contributed by atoms with Gasteiger partial charge in [0.2, 0.25) is 0 Å². The molecule has 0 atom stereocenters. The monoisotopic (exact) mass is 162 g/mol. The summed E-state index contributed by atoms with van der Waals surface area (Å²) in [6, 6.07) is 0. The first-order valence-corrected chi connectivity index (χ1v) is 4.35. The molecule has 10 heavy (non-hydrogen) atoms. The third kappa shape index (κ3) is 4.08. The van der Waals surface area contributed by atoms with Gasteiger partial charge >= 0.3 is 0 Å². The van der Waals surface area contributed by atoms with E-state index >= 15 is 0 Å². The van der Waals surface area contributed by atoms with E-state index in [2.05, 4.69) is 20.1 Å². The SMILES string of the molecule is C1CNSNCCNCN1. The normalized spacial score (nSPS) is 24.0. The van der Waals surface area contributed by atoms with Crippen molar-refractivity contribution < 1.29 is 0 Å². The highest BCUT2D eigenvalue weighted by molar-refractivity contribution is 7.95. The molecule has 0 unspecified atom stereocenters. The Balaban J connectivity index is 2.00. The van der Waals surface area contributed by atoms with Crippen molar-refractivity contribution in [3.8, 4) is 0 Å². The molecular weight excluding hydrogens is 148 g/mol. The van der Waals surface area contributed by atoms with E-state index in [4.69, 9.17) is 0 Å². The average molecular weight is 162 g/mol. The van der Waals surface area contributed by atoms with Crippen molar-refractivity contribution in [3.05, 3.63) is 0 Å². The molecule has 5 heteroatoms. The molecular formula is C5H14N4S. The van der Waals surface area contributed by atoms with E-state index in [1.807, 2.05) is 0 Å². The fourth-order valence-corrected chi connectivity index (χ4v) is 1.21. The molecule has 1 rings (SSSR count). The van der Waals surface area contributed by atoms with E-state index in [0.29, 0.717) is 0 Å². The molecule has 4 nitrogen and oxygen atoms in total. The summed E-state index contributed by atoms with van der Waals surface area (Å²) in [6.45, 7) is 4.94. The standard InChI is InChI=1S/C5H14N4S/c1-3-8-10-9-4-2-7-5-6-1/h6-9H,1-5H2. The van der Waals surface area contributed by atoms with Crippen molar-refractivity contribution in [1.82, 2.24) is 20.1 Å². The van der Waals surface area contributed by atoms with Gasteiger partial charge in [0, 0.05) is 45.0 Å². The minimum atomic E-state index is 0.911. The van der Waals surface area contributed by atoms with Gasteiger partial charge in [-0.2, -0.15) is 0 Å².